The Hall–Kier alpha value is -1.22. The van der Waals surface area contributed by atoms with Gasteiger partial charge in [0.05, 0.1) is 6.54 Å². The fraction of sp³-hybridized carbons (Fsp3) is 0.462. The normalized spacial score (nSPS) is 11.9. The van der Waals surface area contributed by atoms with Gasteiger partial charge in [0.2, 0.25) is 0 Å². The van der Waals surface area contributed by atoms with Crippen LogP contribution in [0.1, 0.15) is 25.8 Å². The number of nitrogens with one attached hydrogen (secondary N) is 1. The third-order valence-electron chi connectivity index (χ3n) is 2.41. The minimum absolute atomic E-state index is 0.477. The molecule has 1 rings (SSSR count). The molecule has 0 spiro atoms. The smallest absolute Gasteiger partial charge is 0.188 e. The van der Waals surface area contributed by atoms with Gasteiger partial charge in [-0.05, 0) is 24.0 Å². The highest BCUT2D eigenvalue weighted by Gasteiger charge is 1.98. The van der Waals surface area contributed by atoms with Gasteiger partial charge in [0.25, 0.3) is 0 Å². The van der Waals surface area contributed by atoms with Crippen molar-refractivity contribution in [3.8, 4) is 0 Å². The maximum Gasteiger partial charge on any atom is 0.188 e. The van der Waals surface area contributed by atoms with Gasteiger partial charge in [0.1, 0.15) is 0 Å². The quantitative estimate of drug-likeness (QED) is 0.626. The summed E-state index contributed by atoms with van der Waals surface area (Å²) < 4.78 is 0. The fourth-order valence-electron chi connectivity index (χ4n) is 1.34. The predicted octanol–water partition coefficient (Wildman–Crippen LogP) is 2.79. The summed E-state index contributed by atoms with van der Waals surface area (Å²) in [5.74, 6) is 1.14. The molecule has 0 aliphatic heterocycles. The molecule has 3 nitrogen and oxygen atoms in total. The van der Waals surface area contributed by atoms with Crippen molar-refractivity contribution in [2.75, 3.05) is 6.54 Å². The number of benzene rings is 1. The standard InChI is InChI=1S/C13H20ClN3/c1-10(2)7-8-16-13(15)17-9-11-5-3-4-6-12(11)14/h3-6,10H,7-9H2,1-2H3,(H3,15,16,17). The number of rotatable bonds is 5. The molecule has 0 radical (unpaired) electrons. The fourth-order valence-corrected chi connectivity index (χ4v) is 1.54. The second kappa shape index (κ2) is 7.17. The van der Waals surface area contributed by atoms with E-state index in [2.05, 4.69) is 24.2 Å². The lowest BCUT2D eigenvalue weighted by Gasteiger charge is -2.07. The lowest BCUT2D eigenvalue weighted by atomic mass is 10.1. The molecule has 17 heavy (non-hydrogen) atoms. The van der Waals surface area contributed by atoms with Gasteiger partial charge in [-0.15, -0.1) is 0 Å². The van der Waals surface area contributed by atoms with E-state index in [4.69, 9.17) is 17.3 Å². The molecule has 0 amide bonds. The Morgan fingerprint density at radius 2 is 2.12 bits per heavy atom. The first kappa shape index (κ1) is 13.8. The van der Waals surface area contributed by atoms with E-state index < -0.39 is 0 Å². The topological polar surface area (TPSA) is 50.4 Å². The van der Waals surface area contributed by atoms with Crippen molar-refractivity contribution in [1.82, 2.24) is 5.32 Å². The molecule has 4 heteroatoms. The average Bonchev–Trinajstić information content (AvgIpc) is 2.27. The second-order valence-electron chi connectivity index (χ2n) is 4.40. The zero-order valence-electron chi connectivity index (χ0n) is 10.4. The van der Waals surface area contributed by atoms with Crippen LogP contribution in [0.15, 0.2) is 29.3 Å². The Morgan fingerprint density at radius 1 is 1.41 bits per heavy atom. The Morgan fingerprint density at radius 3 is 2.76 bits per heavy atom. The largest absolute Gasteiger partial charge is 0.370 e. The number of hydrogen-bond acceptors (Lipinski definition) is 1. The Labute approximate surface area is 108 Å². The molecular formula is C13H20ClN3. The average molecular weight is 254 g/mol. The van der Waals surface area contributed by atoms with Crippen LogP contribution in [0.4, 0.5) is 0 Å². The van der Waals surface area contributed by atoms with Crippen molar-refractivity contribution in [1.29, 1.82) is 0 Å². The van der Waals surface area contributed by atoms with Gasteiger partial charge < -0.3 is 11.1 Å². The van der Waals surface area contributed by atoms with Gasteiger partial charge in [0, 0.05) is 11.6 Å². The van der Waals surface area contributed by atoms with Crippen molar-refractivity contribution in [2.45, 2.75) is 26.8 Å². The minimum atomic E-state index is 0.477. The maximum absolute atomic E-state index is 6.02. The SMILES string of the molecule is CC(C)CCNC(N)=NCc1ccccc1Cl. The molecule has 0 aliphatic carbocycles. The number of hydrogen-bond donors (Lipinski definition) is 2. The number of halogens is 1. The van der Waals surface area contributed by atoms with E-state index in [-0.39, 0.29) is 0 Å². The Bertz CT molecular complexity index is 375. The van der Waals surface area contributed by atoms with Crippen LogP contribution in [0, 0.1) is 5.92 Å². The lowest BCUT2D eigenvalue weighted by molar-refractivity contribution is 0.576. The van der Waals surface area contributed by atoms with Crippen molar-refractivity contribution in [2.24, 2.45) is 16.6 Å². The summed E-state index contributed by atoms with van der Waals surface area (Å²) in [6.07, 6.45) is 1.09. The molecule has 0 saturated carbocycles. The Kier molecular flexibility index (Phi) is 5.84. The van der Waals surface area contributed by atoms with Gasteiger partial charge in [-0.1, -0.05) is 43.6 Å². The van der Waals surface area contributed by atoms with Gasteiger partial charge in [-0.25, -0.2) is 4.99 Å². The summed E-state index contributed by atoms with van der Waals surface area (Å²) >= 11 is 6.02. The van der Waals surface area contributed by atoms with Crippen molar-refractivity contribution in [3.63, 3.8) is 0 Å². The highest BCUT2D eigenvalue weighted by Crippen LogP contribution is 2.15. The van der Waals surface area contributed by atoms with Gasteiger partial charge in [-0.3, -0.25) is 0 Å². The van der Waals surface area contributed by atoms with Crippen molar-refractivity contribution >= 4 is 17.6 Å². The van der Waals surface area contributed by atoms with Crippen LogP contribution < -0.4 is 11.1 Å². The summed E-state index contributed by atoms with van der Waals surface area (Å²) in [5.41, 5.74) is 6.74. The molecule has 1 aromatic carbocycles. The van der Waals surface area contributed by atoms with Crippen LogP contribution in [0.25, 0.3) is 0 Å². The maximum atomic E-state index is 6.02. The third kappa shape index (κ3) is 5.59. The van der Waals surface area contributed by atoms with E-state index in [1.54, 1.807) is 0 Å². The molecule has 94 valence electrons. The predicted molar refractivity (Wildman–Crippen MR) is 74.2 cm³/mol. The van der Waals surface area contributed by atoms with Crippen LogP contribution in [-0.4, -0.2) is 12.5 Å². The molecule has 0 atom stereocenters. The molecule has 0 unspecified atom stereocenters. The van der Waals surface area contributed by atoms with Crippen molar-refractivity contribution < 1.29 is 0 Å². The first-order valence-corrected chi connectivity index (χ1v) is 6.24. The highest BCUT2D eigenvalue weighted by molar-refractivity contribution is 6.31. The highest BCUT2D eigenvalue weighted by atomic mass is 35.5. The molecule has 0 aliphatic rings. The van der Waals surface area contributed by atoms with Crippen molar-refractivity contribution in [3.05, 3.63) is 34.9 Å². The van der Waals surface area contributed by atoms with Gasteiger partial charge >= 0.3 is 0 Å². The van der Waals surface area contributed by atoms with Gasteiger partial charge in [-0.2, -0.15) is 0 Å². The molecule has 0 saturated heterocycles. The van der Waals surface area contributed by atoms with E-state index in [9.17, 15) is 0 Å². The molecule has 0 heterocycles. The first-order chi connectivity index (χ1) is 8.09. The number of guanidine groups is 1. The van der Waals surface area contributed by atoms with E-state index in [0.717, 1.165) is 23.6 Å². The van der Waals surface area contributed by atoms with E-state index in [1.807, 2.05) is 24.3 Å². The van der Waals surface area contributed by atoms with E-state index >= 15 is 0 Å². The summed E-state index contributed by atoms with van der Waals surface area (Å²) in [6, 6.07) is 7.65. The minimum Gasteiger partial charge on any atom is -0.370 e. The molecule has 0 fully saturated rings. The van der Waals surface area contributed by atoms with Gasteiger partial charge in [0.15, 0.2) is 5.96 Å². The molecule has 3 N–H and O–H groups in total. The van der Waals surface area contributed by atoms with Crippen LogP contribution in [0.3, 0.4) is 0 Å². The first-order valence-electron chi connectivity index (χ1n) is 5.86. The Balaban J connectivity index is 2.40. The van der Waals surface area contributed by atoms with Crippen LogP contribution in [0.2, 0.25) is 5.02 Å². The second-order valence-corrected chi connectivity index (χ2v) is 4.81. The number of nitrogens with two attached hydrogens (primary N) is 1. The van der Waals surface area contributed by atoms with Crippen LogP contribution >= 0.6 is 11.6 Å². The van der Waals surface area contributed by atoms with Crippen LogP contribution in [-0.2, 0) is 6.54 Å². The molecular weight excluding hydrogens is 234 g/mol. The molecule has 0 bridgehead atoms. The molecule has 1 aromatic rings. The summed E-state index contributed by atoms with van der Waals surface area (Å²) in [6.45, 7) is 5.73. The lowest BCUT2D eigenvalue weighted by Crippen LogP contribution is -2.32. The third-order valence-corrected chi connectivity index (χ3v) is 2.77. The zero-order chi connectivity index (χ0) is 12.7. The zero-order valence-corrected chi connectivity index (χ0v) is 11.2. The van der Waals surface area contributed by atoms with E-state index in [1.165, 1.54) is 0 Å². The summed E-state index contributed by atoms with van der Waals surface area (Å²) in [7, 11) is 0. The monoisotopic (exact) mass is 253 g/mol. The molecule has 0 aromatic heterocycles. The summed E-state index contributed by atoms with van der Waals surface area (Å²) in [4.78, 5) is 4.25. The van der Waals surface area contributed by atoms with E-state index in [0.29, 0.717) is 18.4 Å². The number of aliphatic imine (C=N–C) groups is 1. The number of nitrogens with zero attached hydrogens (tertiary/aromatic N) is 1. The van der Waals surface area contributed by atoms with Crippen LogP contribution in [0.5, 0.6) is 0 Å². The summed E-state index contributed by atoms with van der Waals surface area (Å²) in [5, 5.41) is 3.82.